The van der Waals surface area contributed by atoms with E-state index in [1.165, 1.54) is 0 Å². The van der Waals surface area contributed by atoms with Crippen LogP contribution in [0.2, 0.25) is 0 Å². The summed E-state index contributed by atoms with van der Waals surface area (Å²) < 4.78 is 0. The van der Waals surface area contributed by atoms with Gasteiger partial charge in [0.25, 0.3) is 0 Å². The van der Waals surface area contributed by atoms with E-state index in [2.05, 4.69) is 5.32 Å². The van der Waals surface area contributed by atoms with Crippen molar-refractivity contribution in [1.82, 2.24) is 5.32 Å². The van der Waals surface area contributed by atoms with Gasteiger partial charge in [-0.2, -0.15) is 0 Å². The van der Waals surface area contributed by atoms with Gasteiger partial charge in [0.15, 0.2) is 0 Å². The molecule has 0 spiro atoms. The Morgan fingerprint density at radius 3 is 2.20 bits per heavy atom. The Hall–Kier alpha value is -0.120. The van der Waals surface area contributed by atoms with Crippen molar-refractivity contribution in [2.24, 2.45) is 0 Å². The van der Waals surface area contributed by atoms with Crippen LogP contribution in [-0.2, 0) is 0 Å². The smallest absolute Gasteiger partial charge is 0.0895 e. The van der Waals surface area contributed by atoms with Crippen LogP contribution in [0.1, 0.15) is 20.8 Å². The first-order chi connectivity index (χ1) is 4.45. The van der Waals surface area contributed by atoms with Crippen molar-refractivity contribution in [3.05, 3.63) is 0 Å². The minimum absolute atomic E-state index is 0.0101. The van der Waals surface area contributed by atoms with Crippen LogP contribution < -0.4 is 5.32 Å². The highest BCUT2D eigenvalue weighted by Gasteiger charge is 2.10. The van der Waals surface area contributed by atoms with E-state index < -0.39 is 6.10 Å². The molecule has 0 rings (SSSR count). The third-order valence-electron chi connectivity index (χ3n) is 1.08. The molecule has 3 N–H and O–H groups in total. The zero-order chi connectivity index (χ0) is 8.20. The van der Waals surface area contributed by atoms with Crippen molar-refractivity contribution in [1.29, 1.82) is 0 Å². The number of hydrogen-bond donors (Lipinski definition) is 3. The van der Waals surface area contributed by atoms with Gasteiger partial charge in [-0.3, -0.25) is 0 Å². The van der Waals surface area contributed by atoms with Gasteiger partial charge in [-0.25, -0.2) is 0 Å². The molecule has 0 amide bonds. The van der Waals surface area contributed by atoms with Crippen LogP contribution >= 0.6 is 0 Å². The fourth-order valence-corrected chi connectivity index (χ4v) is 0.489. The van der Waals surface area contributed by atoms with Crippen LogP contribution in [0.15, 0.2) is 0 Å². The molecule has 3 heteroatoms. The average Bonchev–Trinajstić information content (AvgIpc) is 1.81. The van der Waals surface area contributed by atoms with Crippen LogP contribution in [0.4, 0.5) is 0 Å². The first-order valence-electron chi connectivity index (χ1n) is 3.49. The normalized spacial score (nSPS) is 15.3. The highest BCUT2D eigenvalue weighted by atomic mass is 16.3. The molecule has 0 saturated heterocycles. The molecule has 3 nitrogen and oxygen atoms in total. The average molecular weight is 147 g/mol. The molecule has 0 aliphatic rings. The Balaban J connectivity index is 3.36. The second-order valence-electron chi connectivity index (χ2n) is 3.47. The van der Waals surface area contributed by atoms with Crippen LogP contribution in [0.3, 0.4) is 0 Å². The maximum Gasteiger partial charge on any atom is 0.0895 e. The zero-order valence-electron chi connectivity index (χ0n) is 6.89. The quantitative estimate of drug-likeness (QED) is 0.515. The first-order valence-corrected chi connectivity index (χ1v) is 3.49. The number of hydrogen-bond acceptors (Lipinski definition) is 3. The van der Waals surface area contributed by atoms with Crippen molar-refractivity contribution in [2.45, 2.75) is 32.4 Å². The Labute approximate surface area is 62.1 Å². The molecule has 0 saturated carbocycles. The largest absolute Gasteiger partial charge is 0.394 e. The Bertz CT molecular complexity index is 88.1. The summed E-state index contributed by atoms with van der Waals surface area (Å²) in [7, 11) is 0. The molecule has 0 aromatic carbocycles. The summed E-state index contributed by atoms with van der Waals surface area (Å²) in [5.41, 5.74) is 0.0101. The molecule has 0 aromatic rings. The van der Waals surface area contributed by atoms with E-state index in [1.54, 1.807) is 0 Å². The van der Waals surface area contributed by atoms with E-state index in [0.29, 0.717) is 6.54 Å². The minimum atomic E-state index is -0.640. The second kappa shape index (κ2) is 3.91. The molecule has 0 heterocycles. The van der Waals surface area contributed by atoms with Crippen LogP contribution in [0.25, 0.3) is 0 Å². The zero-order valence-corrected chi connectivity index (χ0v) is 6.89. The highest BCUT2D eigenvalue weighted by Crippen LogP contribution is 1.97. The summed E-state index contributed by atoms with van der Waals surface area (Å²) in [6.45, 7) is 6.30. The van der Waals surface area contributed by atoms with Gasteiger partial charge in [0.05, 0.1) is 12.7 Å². The lowest BCUT2D eigenvalue weighted by molar-refractivity contribution is 0.0888. The van der Waals surface area contributed by atoms with E-state index in [1.807, 2.05) is 20.8 Å². The maximum atomic E-state index is 8.91. The van der Waals surface area contributed by atoms with Crippen LogP contribution in [0.5, 0.6) is 0 Å². The molecule has 0 aromatic heterocycles. The third-order valence-corrected chi connectivity index (χ3v) is 1.08. The number of aliphatic hydroxyl groups excluding tert-OH is 2. The lowest BCUT2D eigenvalue weighted by Gasteiger charge is -2.21. The number of nitrogens with one attached hydrogen (secondary N) is 1. The molecule has 0 bridgehead atoms. The highest BCUT2D eigenvalue weighted by molar-refractivity contribution is 4.72. The molecular weight excluding hydrogens is 130 g/mol. The predicted molar refractivity (Wildman–Crippen MR) is 40.8 cm³/mol. The van der Waals surface area contributed by atoms with E-state index in [4.69, 9.17) is 10.2 Å². The number of β-amino-alcohol motifs (C(OH)–C–C–N with tert-alkyl or cyclic N) is 1. The van der Waals surface area contributed by atoms with Gasteiger partial charge in [-0.15, -0.1) is 0 Å². The number of rotatable bonds is 3. The topological polar surface area (TPSA) is 52.5 Å². The van der Waals surface area contributed by atoms with Gasteiger partial charge in [0, 0.05) is 12.1 Å². The van der Waals surface area contributed by atoms with E-state index in [9.17, 15) is 0 Å². The van der Waals surface area contributed by atoms with Crippen molar-refractivity contribution in [3.8, 4) is 0 Å². The first kappa shape index (κ1) is 9.88. The molecule has 0 aliphatic heterocycles. The van der Waals surface area contributed by atoms with Crippen molar-refractivity contribution < 1.29 is 10.2 Å². The van der Waals surface area contributed by atoms with E-state index in [-0.39, 0.29) is 12.1 Å². The van der Waals surface area contributed by atoms with Gasteiger partial charge in [0.1, 0.15) is 0 Å². The van der Waals surface area contributed by atoms with E-state index >= 15 is 0 Å². The monoisotopic (exact) mass is 147 g/mol. The van der Waals surface area contributed by atoms with Gasteiger partial charge in [-0.1, -0.05) is 0 Å². The standard InChI is InChI=1S/C7H17NO2/c1-7(2,3)8-4-6(10)5-9/h6,8-10H,4-5H2,1-3H3. The van der Waals surface area contributed by atoms with Gasteiger partial charge in [0.2, 0.25) is 0 Å². The van der Waals surface area contributed by atoms with Gasteiger partial charge in [-0.05, 0) is 20.8 Å². The number of aliphatic hydroxyl groups is 2. The molecule has 0 radical (unpaired) electrons. The molecule has 0 fully saturated rings. The Morgan fingerprint density at radius 2 is 1.90 bits per heavy atom. The van der Waals surface area contributed by atoms with Gasteiger partial charge >= 0.3 is 0 Å². The van der Waals surface area contributed by atoms with Gasteiger partial charge < -0.3 is 15.5 Å². The van der Waals surface area contributed by atoms with Crippen molar-refractivity contribution in [3.63, 3.8) is 0 Å². The fourth-order valence-electron chi connectivity index (χ4n) is 0.489. The van der Waals surface area contributed by atoms with Crippen molar-refractivity contribution in [2.75, 3.05) is 13.2 Å². The molecule has 1 unspecified atom stereocenters. The third kappa shape index (κ3) is 6.01. The lowest BCUT2D eigenvalue weighted by atomic mass is 10.1. The lowest BCUT2D eigenvalue weighted by Crippen LogP contribution is -2.41. The fraction of sp³-hybridized carbons (Fsp3) is 1.00. The van der Waals surface area contributed by atoms with Crippen LogP contribution in [-0.4, -0.2) is 35.0 Å². The summed E-state index contributed by atoms with van der Waals surface area (Å²) in [6, 6.07) is 0. The maximum absolute atomic E-state index is 8.91. The Morgan fingerprint density at radius 1 is 1.40 bits per heavy atom. The minimum Gasteiger partial charge on any atom is -0.394 e. The van der Waals surface area contributed by atoms with Crippen LogP contribution in [0, 0.1) is 0 Å². The summed E-state index contributed by atoms with van der Waals surface area (Å²) in [5.74, 6) is 0. The van der Waals surface area contributed by atoms with Crippen molar-refractivity contribution >= 4 is 0 Å². The molecule has 0 aliphatic carbocycles. The molecule has 1 atom stereocenters. The van der Waals surface area contributed by atoms with E-state index in [0.717, 1.165) is 0 Å². The second-order valence-corrected chi connectivity index (χ2v) is 3.47. The summed E-state index contributed by atoms with van der Waals surface area (Å²) in [6.07, 6.45) is -0.640. The Kier molecular flexibility index (Phi) is 3.86. The SMILES string of the molecule is CC(C)(C)NCC(O)CO. The molecular formula is C7H17NO2. The predicted octanol–water partition coefficient (Wildman–Crippen LogP) is -0.272. The molecule has 10 heavy (non-hydrogen) atoms. The summed E-state index contributed by atoms with van der Waals surface area (Å²) in [4.78, 5) is 0. The summed E-state index contributed by atoms with van der Waals surface area (Å²) >= 11 is 0. The molecule has 62 valence electrons. The summed E-state index contributed by atoms with van der Waals surface area (Å²) in [5, 5.41) is 20.4.